The number of rotatable bonds is 8. The van der Waals surface area contributed by atoms with Gasteiger partial charge in [0.25, 0.3) is 5.91 Å². The van der Waals surface area contributed by atoms with Crippen LogP contribution in [0, 0.1) is 0 Å². The monoisotopic (exact) mass is 374 g/mol. The van der Waals surface area contributed by atoms with E-state index >= 15 is 0 Å². The van der Waals surface area contributed by atoms with Crippen LogP contribution in [0.25, 0.3) is 0 Å². The minimum Gasteiger partial charge on any atom is -0.482 e. The van der Waals surface area contributed by atoms with Crippen LogP contribution >= 0.6 is 11.8 Å². The molecular formula is C18H22N4O3S. The largest absolute Gasteiger partial charge is 0.482 e. The predicted octanol–water partition coefficient (Wildman–Crippen LogP) is 3.16. The van der Waals surface area contributed by atoms with Crippen molar-refractivity contribution in [2.24, 2.45) is 0 Å². The maximum atomic E-state index is 12.8. The van der Waals surface area contributed by atoms with Crippen molar-refractivity contribution in [3.05, 3.63) is 30.1 Å². The van der Waals surface area contributed by atoms with Crippen molar-refractivity contribution in [3.63, 3.8) is 0 Å². The SMILES string of the molecule is CCCCCn1cnnc1S[C@H](C)C(=O)c1ccc2c(c1)NC(=O)CO2. The fraction of sp³-hybridized carbons (Fsp3) is 0.444. The van der Waals surface area contributed by atoms with Gasteiger partial charge in [-0.05, 0) is 31.5 Å². The van der Waals surface area contributed by atoms with E-state index in [0.29, 0.717) is 17.0 Å². The molecule has 2 aromatic rings. The number of fused-ring (bicyclic) bond motifs is 1. The third-order valence-corrected chi connectivity index (χ3v) is 5.23. The molecule has 26 heavy (non-hydrogen) atoms. The van der Waals surface area contributed by atoms with Crippen molar-refractivity contribution >= 4 is 29.1 Å². The summed E-state index contributed by atoms with van der Waals surface area (Å²) in [6, 6.07) is 5.10. The fourth-order valence-electron chi connectivity index (χ4n) is 2.70. The summed E-state index contributed by atoms with van der Waals surface area (Å²) in [5, 5.41) is 11.3. The molecule has 0 saturated carbocycles. The molecule has 1 N–H and O–H groups in total. The standard InChI is InChI=1S/C18H22N4O3S/c1-3-4-5-8-22-11-19-21-18(22)26-12(2)17(24)13-6-7-15-14(9-13)20-16(23)10-25-15/h6-7,9,11-12H,3-5,8,10H2,1-2H3,(H,20,23)/t12-/m1/s1. The number of thioether (sulfide) groups is 1. The molecular weight excluding hydrogens is 352 g/mol. The molecule has 1 aliphatic rings. The normalized spacial score (nSPS) is 14.3. The van der Waals surface area contributed by atoms with E-state index in [2.05, 4.69) is 22.4 Å². The first kappa shape index (κ1) is 18.4. The van der Waals surface area contributed by atoms with E-state index in [1.807, 2.05) is 11.5 Å². The minimum atomic E-state index is -0.317. The molecule has 1 aliphatic heterocycles. The maximum Gasteiger partial charge on any atom is 0.262 e. The lowest BCUT2D eigenvalue weighted by molar-refractivity contribution is -0.118. The topological polar surface area (TPSA) is 86.1 Å². The highest BCUT2D eigenvalue weighted by molar-refractivity contribution is 8.00. The summed E-state index contributed by atoms with van der Waals surface area (Å²) < 4.78 is 7.32. The number of carbonyl (C=O) groups excluding carboxylic acids is 2. The molecule has 0 fully saturated rings. The van der Waals surface area contributed by atoms with E-state index < -0.39 is 0 Å². The first-order chi connectivity index (χ1) is 12.6. The highest BCUT2D eigenvalue weighted by Crippen LogP contribution is 2.31. The molecule has 1 aromatic heterocycles. The lowest BCUT2D eigenvalue weighted by Crippen LogP contribution is -2.25. The number of unbranched alkanes of at least 4 members (excludes halogenated alkanes) is 2. The van der Waals surface area contributed by atoms with E-state index in [1.165, 1.54) is 11.8 Å². The van der Waals surface area contributed by atoms with Gasteiger partial charge in [-0.15, -0.1) is 10.2 Å². The molecule has 0 bridgehead atoms. The van der Waals surface area contributed by atoms with Gasteiger partial charge in [0.1, 0.15) is 12.1 Å². The molecule has 7 nitrogen and oxygen atoms in total. The van der Waals surface area contributed by atoms with E-state index in [9.17, 15) is 9.59 Å². The van der Waals surface area contributed by atoms with Gasteiger partial charge in [0.05, 0.1) is 10.9 Å². The fourth-order valence-corrected chi connectivity index (χ4v) is 3.63. The number of nitrogens with one attached hydrogen (secondary N) is 1. The van der Waals surface area contributed by atoms with Crippen LogP contribution in [-0.2, 0) is 11.3 Å². The number of hydrogen-bond donors (Lipinski definition) is 1. The second-order valence-corrected chi connectivity index (χ2v) is 7.49. The van der Waals surface area contributed by atoms with Gasteiger partial charge >= 0.3 is 0 Å². The zero-order valence-electron chi connectivity index (χ0n) is 14.9. The van der Waals surface area contributed by atoms with Crippen molar-refractivity contribution < 1.29 is 14.3 Å². The van der Waals surface area contributed by atoms with Crippen molar-refractivity contribution in [3.8, 4) is 5.75 Å². The Hall–Kier alpha value is -2.35. The first-order valence-electron chi connectivity index (χ1n) is 8.74. The van der Waals surface area contributed by atoms with Gasteiger partial charge in [0, 0.05) is 12.1 Å². The van der Waals surface area contributed by atoms with E-state index in [4.69, 9.17) is 4.74 Å². The van der Waals surface area contributed by atoms with E-state index in [-0.39, 0.29) is 23.5 Å². The minimum absolute atomic E-state index is 0.000236. The number of amides is 1. The maximum absolute atomic E-state index is 12.8. The molecule has 1 aromatic carbocycles. The Morgan fingerprint density at radius 1 is 1.42 bits per heavy atom. The summed E-state index contributed by atoms with van der Waals surface area (Å²) in [7, 11) is 0. The summed E-state index contributed by atoms with van der Waals surface area (Å²) in [4.78, 5) is 24.2. The second-order valence-electron chi connectivity index (χ2n) is 6.19. The number of ketones is 1. The van der Waals surface area contributed by atoms with E-state index in [1.54, 1.807) is 24.5 Å². The first-order valence-corrected chi connectivity index (χ1v) is 9.62. The highest BCUT2D eigenvalue weighted by atomic mass is 32.2. The summed E-state index contributed by atoms with van der Waals surface area (Å²) in [5.41, 5.74) is 1.07. The number of nitrogens with zero attached hydrogens (tertiary/aromatic N) is 3. The Kier molecular flexibility index (Phi) is 5.92. The second kappa shape index (κ2) is 8.35. The highest BCUT2D eigenvalue weighted by Gasteiger charge is 2.22. The van der Waals surface area contributed by atoms with Gasteiger partial charge in [0.2, 0.25) is 0 Å². The van der Waals surface area contributed by atoms with Gasteiger partial charge in [0.15, 0.2) is 17.5 Å². The zero-order valence-corrected chi connectivity index (χ0v) is 15.7. The Bertz CT molecular complexity index is 805. The molecule has 1 amide bonds. The Labute approximate surface area is 156 Å². The van der Waals surface area contributed by atoms with Crippen LogP contribution < -0.4 is 10.1 Å². The van der Waals surface area contributed by atoms with Crippen molar-refractivity contribution in [2.75, 3.05) is 11.9 Å². The third kappa shape index (κ3) is 4.24. The van der Waals surface area contributed by atoms with Crippen molar-refractivity contribution in [1.82, 2.24) is 14.8 Å². The van der Waals surface area contributed by atoms with Crippen LogP contribution in [0.3, 0.4) is 0 Å². The summed E-state index contributed by atoms with van der Waals surface area (Å²) in [5.74, 6) is 0.336. The molecule has 8 heteroatoms. The molecule has 0 radical (unpaired) electrons. The molecule has 1 atom stereocenters. The molecule has 3 rings (SSSR count). The van der Waals surface area contributed by atoms with Crippen LogP contribution in [0.15, 0.2) is 29.7 Å². The van der Waals surface area contributed by atoms with Gasteiger partial charge in [-0.2, -0.15) is 0 Å². The lowest BCUT2D eigenvalue weighted by atomic mass is 10.1. The smallest absolute Gasteiger partial charge is 0.262 e. The average molecular weight is 374 g/mol. The zero-order chi connectivity index (χ0) is 18.5. The number of carbonyl (C=O) groups is 2. The van der Waals surface area contributed by atoms with Crippen LogP contribution in [-0.4, -0.2) is 38.3 Å². The molecule has 0 aliphatic carbocycles. The number of benzene rings is 1. The number of hydrogen-bond acceptors (Lipinski definition) is 6. The number of anilines is 1. The Morgan fingerprint density at radius 2 is 2.27 bits per heavy atom. The quantitative estimate of drug-likeness (QED) is 0.434. The summed E-state index contributed by atoms with van der Waals surface area (Å²) in [6.07, 6.45) is 5.08. The Morgan fingerprint density at radius 3 is 3.08 bits per heavy atom. The molecule has 0 saturated heterocycles. The third-order valence-electron chi connectivity index (χ3n) is 4.13. The van der Waals surface area contributed by atoms with Crippen molar-refractivity contribution in [1.29, 1.82) is 0 Å². The van der Waals surface area contributed by atoms with E-state index in [0.717, 1.165) is 31.0 Å². The molecule has 2 heterocycles. The predicted molar refractivity (Wildman–Crippen MR) is 99.8 cm³/mol. The number of aromatic nitrogens is 3. The van der Waals surface area contributed by atoms with Gasteiger partial charge in [-0.1, -0.05) is 31.5 Å². The molecule has 138 valence electrons. The van der Waals surface area contributed by atoms with Gasteiger partial charge < -0.3 is 14.6 Å². The summed E-state index contributed by atoms with van der Waals surface area (Å²) in [6.45, 7) is 4.87. The molecule has 0 unspecified atom stereocenters. The van der Waals surface area contributed by atoms with Crippen LogP contribution in [0.4, 0.5) is 5.69 Å². The van der Waals surface area contributed by atoms with Crippen molar-refractivity contribution in [2.45, 2.75) is 50.1 Å². The number of aryl methyl sites for hydroxylation is 1. The van der Waals surface area contributed by atoms with Crippen LogP contribution in [0.1, 0.15) is 43.5 Å². The molecule has 0 spiro atoms. The number of Topliss-reactive ketones (excluding diaryl/α,β-unsaturated/α-hetero) is 1. The average Bonchev–Trinajstić information content (AvgIpc) is 3.07. The van der Waals surface area contributed by atoms with Gasteiger partial charge in [-0.3, -0.25) is 9.59 Å². The number of ether oxygens (including phenoxy) is 1. The van der Waals surface area contributed by atoms with Crippen LogP contribution in [0.2, 0.25) is 0 Å². The summed E-state index contributed by atoms with van der Waals surface area (Å²) >= 11 is 1.40. The Balaban J connectivity index is 1.68. The van der Waals surface area contributed by atoms with Crippen LogP contribution in [0.5, 0.6) is 5.75 Å². The lowest BCUT2D eigenvalue weighted by Gasteiger charge is -2.19. The van der Waals surface area contributed by atoms with Gasteiger partial charge in [-0.25, -0.2) is 0 Å².